The van der Waals surface area contributed by atoms with Crippen molar-refractivity contribution in [2.24, 2.45) is 0 Å². The lowest BCUT2D eigenvalue weighted by molar-refractivity contribution is -0.143. The van der Waals surface area contributed by atoms with Crippen molar-refractivity contribution in [3.05, 3.63) is 12.2 Å². The minimum atomic E-state index is -1.24. The van der Waals surface area contributed by atoms with E-state index in [1.165, 1.54) is 0 Å². The second-order valence-electron chi connectivity index (χ2n) is 3.83. The maximum atomic E-state index is 11.3. The Hall–Kier alpha value is -1.69. The van der Waals surface area contributed by atoms with E-state index in [0.717, 1.165) is 25.3 Å². The highest BCUT2D eigenvalue weighted by Gasteiger charge is 2.05. The number of carbonyl (C=O) groups excluding carboxylic acids is 2. The largest absolute Gasteiger partial charge is 0.478 e. The maximum absolute atomic E-state index is 11.3. The number of esters is 1. The fraction of sp³-hybridized carbons (Fsp3) is 0.615. The Balaban J connectivity index is 3.54. The van der Waals surface area contributed by atoms with Crippen LogP contribution in [0.1, 0.15) is 32.6 Å². The van der Waals surface area contributed by atoms with Crippen molar-refractivity contribution in [1.29, 1.82) is 0 Å². The van der Waals surface area contributed by atoms with Gasteiger partial charge in [0.2, 0.25) is 0 Å². The minimum Gasteiger partial charge on any atom is -0.478 e. The van der Waals surface area contributed by atoms with E-state index in [2.05, 4.69) is 4.74 Å². The third-order valence-corrected chi connectivity index (χ3v) is 2.19. The standard InChI is InChI=1S/C13H20O6/c1-2-18-9-5-3-4-6-11(14)10-19-13(17)8-7-12(15)16/h7-8H,2-6,9-10H2,1H3,(H,15,16)/b8-7+. The van der Waals surface area contributed by atoms with Crippen molar-refractivity contribution < 1.29 is 29.0 Å². The molecular formula is C13H20O6. The number of ether oxygens (including phenoxy) is 2. The summed E-state index contributed by atoms with van der Waals surface area (Å²) in [7, 11) is 0. The van der Waals surface area contributed by atoms with Crippen molar-refractivity contribution >= 4 is 17.7 Å². The van der Waals surface area contributed by atoms with E-state index in [1.54, 1.807) is 0 Å². The van der Waals surface area contributed by atoms with Gasteiger partial charge in [0.1, 0.15) is 6.61 Å². The monoisotopic (exact) mass is 272 g/mol. The van der Waals surface area contributed by atoms with Gasteiger partial charge in [-0.25, -0.2) is 9.59 Å². The first-order chi connectivity index (χ1) is 9.06. The second kappa shape index (κ2) is 11.4. The molecule has 0 rings (SSSR count). The van der Waals surface area contributed by atoms with Crippen LogP contribution in [0.3, 0.4) is 0 Å². The summed E-state index contributed by atoms with van der Waals surface area (Å²) in [4.78, 5) is 32.4. The topological polar surface area (TPSA) is 89.9 Å². The van der Waals surface area contributed by atoms with E-state index < -0.39 is 11.9 Å². The molecule has 0 radical (unpaired) electrons. The molecule has 0 aliphatic heterocycles. The van der Waals surface area contributed by atoms with Crippen LogP contribution in [0.25, 0.3) is 0 Å². The first-order valence-corrected chi connectivity index (χ1v) is 6.23. The van der Waals surface area contributed by atoms with E-state index in [9.17, 15) is 14.4 Å². The summed E-state index contributed by atoms with van der Waals surface area (Å²) in [5.74, 6) is -2.24. The summed E-state index contributed by atoms with van der Waals surface area (Å²) in [5.41, 5.74) is 0. The molecule has 0 aromatic carbocycles. The predicted octanol–water partition coefficient (Wildman–Crippen LogP) is 1.34. The van der Waals surface area contributed by atoms with Crippen molar-refractivity contribution in [2.75, 3.05) is 19.8 Å². The van der Waals surface area contributed by atoms with Crippen LogP contribution in [-0.4, -0.2) is 42.6 Å². The van der Waals surface area contributed by atoms with Gasteiger partial charge in [0.25, 0.3) is 0 Å². The molecule has 0 fully saturated rings. The molecular weight excluding hydrogens is 252 g/mol. The molecule has 0 heterocycles. The molecule has 0 unspecified atom stereocenters. The van der Waals surface area contributed by atoms with Crippen molar-refractivity contribution in [1.82, 2.24) is 0 Å². The SMILES string of the molecule is CCOCCCCCC(=O)COC(=O)/C=C/C(=O)O. The highest BCUT2D eigenvalue weighted by Crippen LogP contribution is 2.01. The molecule has 0 aromatic rings. The van der Waals surface area contributed by atoms with Crippen LogP contribution in [0, 0.1) is 0 Å². The first kappa shape index (κ1) is 17.3. The minimum absolute atomic E-state index is 0.173. The number of aliphatic carboxylic acids is 1. The average Bonchev–Trinajstić information content (AvgIpc) is 2.38. The van der Waals surface area contributed by atoms with Gasteiger partial charge in [0, 0.05) is 31.8 Å². The van der Waals surface area contributed by atoms with E-state index >= 15 is 0 Å². The Morgan fingerprint density at radius 2 is 1.84 bits per heavy atom. The molecule has 0 saturated carbocycles. The van der Waals surface area contributed by atoms with Crippen molar-refractivity contribution in [2.45, 2.75) is 32.6 Å². The van der Waals surface area contributed by atoms with Gasteiger partial charge in [-0.15, -0.1) is 0 Å². The van der Waals surface area contributed by atoms with Gasteiger partial charge in [-0.3, -0.25) is 4.79 Å². The van der Waals surface area contributed by atoms with Crippen LogP contribution >= 0.6 is 0 Å². The van der Waals surface area contributed by atoms with Crippen LogP contribution in [0.15, 0.2) is 12.2 Å². The molecule has 6 heteroatoms. The lowest BCUT2D eigenvalue weighted by Crippen LogP contribution is -2.12. The number of ketones is 1. The van der Waals surface area contributed by atoms with Crippen LogP contribution in [0.5, 0.6) is 0 Å². The summed E-state index contributed by atoms with van der Waals surface area (Å²) >= 11 is 0. The number of unbranched alkanes of at least 4 members (excludes halogenated alkanes) is 2. The quantitative estimate of drug-likeness (QED) is 0.347. The summed E-state index contributed by atoms with van der Waals surface area (Å²) in [5, 5.41) is 8.27. The molecule has 0 aliphatic rings. The molecule has 0 amide bonds. The summed E-state index contributed by atoms with van der Waals surface area (Å²) < 4.78 is 9.74. The molecule has 108 valence electrons. The van der Waals surface area contributed by atoms with E-state index in [0.29, 0.717) is 25.7 Å². The second-order valence-corrected chi connectivity index (χ2v) is 3.83. The smallest absolute Gasteiger partial charge is 0.331 e. The molecule has 0 atom stereocenters. The fourth-order valence-corrected chi connectivity index (χ4v) is 1.26. The number of carbonyl (C=O) groups is 3. The van der Waals surface area contributed by atoms with E-state index in [1.807, 2.05) is 6.92 Å². The highest BCUT2D eigenvalue weighted by molar-refractivity contribution is 5.92. The van der Waals surface area contributed by atoms with Gasteiger partial charge in [-0.1, -0.05) is 6.42 Å². The van der Waals surface area contributed by atoms with Gasteiger partial charge in [-0.2, -0.15) is 0 Å². The first-order valence-electron chi connectivity index (χ1n) is 6.23. The zero-order chi connectivity index (χ0) is 14.5. The summed E-state index contributed by atoms with van der Waals surface area (Å²) in [6.07, 6.45) is 4.32. The molecule has 1 N–H and O–H groups in total. The lowest BCUT2D eigenvalue weighted by atomic mass is 10.1. The number of hydrogen-bond donors (Lipinski definition) is 1. The van der Waals surface area contributed by atoms with Crippen LogP contribution in [0.4, 0.5) is 0 Å². The number of Topliss-reactive ketones (excluding diaryl/α,β-unsaturated/α-hetero) is 1. The van der Waals surface area contributed by atoms with E-state index in [4.69, 9.17) is 9.84 Å². The molecule has 6 nitrogen and oxygen atoms in total. The zero-order valence-corrected chi connectivity index (χ0v) is 11.1. The Labute approximate surface area is 112 Å². The molecule has 0 aromatic heterocycles. The molecule has 0 aliphatic carbocycles. The number of rotatable bonds is 11. The lowest BCUT2D eigenvalue weighted by Gasteiger charge is -2.02. The van der Waals surface area contributed by atoms with Gasteiger partial charge in [0.15, 0.2) is 5.78 Å². The Bertz CT molecular complexity index is 321. The predicted molar refractivity (Wildman–Crippen MR) is 67.7 cm³/mol. The zero-order valence-electron chi connectivity index (χ0n) is 11.1. The highest BCUT2D eigenvalue weighted by atomic mass is 16.5. The fourth-order valence-electron chi connectivity index (χ4n) is 1.26. The number of carboxylic acids is 1. The van der Waals surface area contributed by atoms with Gasteiger partial charge in [0.05, 0.1) is 0 Å². The summed E-state index contributed by atoms with van der Waals surface area (Å²) in [6, 6.07) is 0. The Morgan fingerprint density at radius 3 is 2.47 bits per heavy atom. The molecule has 0 saturated heterocycles. The Morgan fingerprint density at radius 1 is 1.11 bits per heavy atom. The maximum Gasteiger partial charge on any atom is 0.331 e. The van der Waals surface area contributed by atoms with Crippen molar-refractivity contribution in [3.63, 3.8) is 0 Å². The van der Waals surface area contributed by atoms with Gasteiger partial charge >= 0.3 is 11.9 Å². The average molecular weight is 272 g/mol. The van der Waals surface area contributed by atoms with Gasteiger partial charge in [-0.05, 0) is 19.8 Å². The molecule has 0 spiro atoms. The van der Waals surface area contributed by atoms with Crippen molar-refractivity contribution in [3.8, 4) is 0 Å². The van der Waals surface area contributed by atoms with E-state index in [-0.39, 0.29) is 12.4 Å². The van der Waals surface area contributed by atoms with Crippen LogP contribution in [0.2, 0.25) is 0 Å². The number of carboxylic acid groups (broad SMARTS) is 1. The van der Waals surface area contributed by atoms with Crippen LogP contribution in [-0.2, 0) is 23.9 Å². The van der Waals surface area contributed by atoms with Gasteiger partial charge < -0.3 is 14.6 Å². The normalized spacial score (nSPS) is 10.6. The van der Waals surface area contributed by atoms with Crippen LogP contribution < -0.4 is 0 Å². The molecule has 0 bridgehead atoms. The number of hydrogen-bond acceptors (Lipinski definition) is 5. The Kier molecular flexibility index (Phi) is 10.4. The third kappa shape index (κ3) is 12.6. The summed E-state index contributed by atoms with van der Waals surface area (Å²) in [6.45, 7) is 3.00. The third-order valence-electron chi connectivity index (χ3n) is 2.19. The molecule has 19 heavy (non-hydrogen) atoms.